The summed E-state index contributed by atoms with van der Waals surface area (Å²) < 4.78 is 1.87. The Morgan fingerprint density at radius 1 is 1.25 bits per heavy atom. The molecule has 0 aliphatic heterocycles. The fourth-order valence-electron chi connectivity index (χ4n) is 1.37. The molecule has 1 heterocycles. The second-order valence-electron chi connectivity index (χ2n) is 3.49. The van der Waals surface area contributed by atoms with E-state index in [-0.39, 0.29) is 0 Å². The highest BCUT2D eigenvalue weighted by Gasteiger charge is 2.05. The summed E-state index contributed by atoms with van der Waals surface area (Å²) in [5, 5.41) is 4.16. The summed E-state index contributed by atoms with van der Waals surface area (Å²) in [5.74, 6) is 0.665. The molecule has 0 radical (unpaired) electrons. The van der Waals surface area contributed by atoms with E-state index >= 15 is 0 Å². The highest BCUT2D eigenvalue weighted by Crippen LogP contribution is 2.19. The molecule has 0 saturated carbocycles. The summed E-state index contributed by atoms with van der Waals surface area (Å²) in [6, 6.07) is 0. The molecule has 16 heavy (non-hydrogen) atoms. The van der Waals surface area contributed by atoms with Crippen LogP contribution >= 0.6 is 0 Å². The molecule has 0 aromatic carbocycles. The van der Waals surface area contributed by atoms with Crippen LogP contribution in [0.15, 0.2) is 12.4 Å². The molecular weight excluding hydrogens is 196 g/mol. The van der Waals surface area contributed by atoms with Gasteiger partial charge >= 0.3 is 0 Å². The Morgan fingerprint density at radius 3 is 2.19 bits per heavy atom. The normalized spacial score (nSPS) is 10.7. The van der Waals surface area contributed by atoms with Crippen molar-refractivity contribution in [1.82, 2.24) is 9.78 Å². The number of hydrogen-bond donors (Lipinski definition) is 0. The number of hydrogen-bond acceptors (Lipinski definition) is 1. The van der Waals surface area contributed by atoms with Gasteiger partial charge in [-0.15, -0.1) is 0 Å². The Hall–Kier alpha value is -0.790. The highest BCUT2D eigenvalue weighted by atomic mass is 15.2. The molecule has 1 rings (SSSR count). The maximum absolute atomic E-state index is 4.16. The maximum Gasteiger partial charge on any atom is 0.0524 e. The van der Waals surface area contributed by atoms with Crippen LogP contribution in [0.2, 0.25) is 0 Å². The van der Waals surface area contributed by atoms with Gasteiger partial charge in [0.25, 0.3) is 0 Å². The van der Waals surface area contributed by atoms with Gasteiger partial charge in [0.1, 0.15) is 0 Å². The van der Waals surface area contributed by atoms with Crippen LogP contribution in [0.3, 0.4) is 0 Å². The second-order valence-corrected chi connectivity index (χ2v) is 3.49. The molecule has 0 N–H and O–H groups in total. The van der Waals surface area contributed by atoms with E-state index < -0.39 is 0 Å². The van der Waals surface area contributed by atoms with Crippen LogP contribution in [0.5, 0.6) is 0 Å². The zero-order chi connectivity index (χ0) is 13.0. The van der Waals surface area contributed by atoms with E-state index in [4.69, 9.17) is 0 Å². The predicted octanol–water partition coefficient (Wildman–Crippen LogP) is 4.77. The van der Waals surface area contributed by atoms with Crippen LogP contribution in [-0.2, 0) is 7.05 Å². The third-order valence-corrected chi connectivity index (χ3v) is 2.28. The Kier molecular flexibility index (Phi) is 13.5. The van der Waals surface area contributed by atoms with Gasteiger partial charge in [-0.2, -0.15) is 5.10 Å². The van der Waals surface area contributed by atoms with Gasteiger partial charge in [0.2, 0.25) is 0 Å². The highest BCUT2D eigenvalue weighted by molar-refractivity contribution is 5.09. The average Bonchev–Trinajstić information content (AvgIpc) is 2.78. The Balaban J connectivity index is 0. The third kappa shape index (κ3) is 7.49. The van der Waals surface area contributed by atoms with Crippen molar-refractivity contribution >= 4 is 0 Å². The zero-order valence-corrected chi connectivity index (χ0v) is 12.2. The molecule has 1 aromatic heterocycles. The minimum absolute atomic E-state index is 0.665. The van der Waals surface area contributed by atoms with E-state index in [1.807, 2.05) is 45.6 Å². The van der Waals surface area contributed by atoms with Crippen molar-refractivity contribution in [2.75, 3.05) is 0 Å². The number of aromatic nitrogens is 2. The molecule has 0 amide bonds. The molecule has 2 nitrogen and oxygen atoms in total. The van der Waals surface area contributed by atoms with Crippen molar-refractivity contribution in [2.45, 2.75) is 66.7 Å². The van der Waals surface area contributed by atoms with Crippen molar-refractivity contribution in [3.63, 3.8) is 0 Å². The van der Waals surface area contributed by atoms with Gasteiger partial charge < -0.3 is 0 Å². The molecule has 2 heteroatoms. The smallest absolute Gasteiger partial charge is 0.0524 e. The van der Waals surface area contributed by atoms with Crippen molar-refractivity contribution in [2.24, 2.45) is 7.05 Å². The molecule has 0 aliphatic carbocycles. The molecule has 1 atom stereocenters. The number of aryl methyl sites for hydroxylation is 1. The minimum Gasteiger partial charge on any atom is -0.276 e. The minimum atomic E-state index is 0.665. The van der Waals surface area contributed by atoms with Crippen LogP contribution in [-0.4, -0.2) is 9.78 Å². The summed E-state index contributed by atoms with van der Waals surface area (Å²) in [6.45, 7) is 12.5. The van der Waals surface area contributed by atoms with Crippen LogP contribution in [0.4, 0.5) is 0 Å². The van der Waals surface area contributed by atoms with E-state index in [9.17, 15) is 0 Å². The first-order valence-corrected chi connectivity index (χ1v) is 6.72. The van der Waals surface area contributed by atoms with Gasteiger partial charge in [-0.1, -0.05) is 54.4 Å². The van der Waals surface area contributed by atoms with Crippen molar-refractivity contribution in [3.05, 3.63) is 18.0 Å². The molecule has 0 bridgehead atoms. The van der Waals surface area contributed by atoms with E-state index in [2.05, 4.69) is 25.1 Å². The summed E-state index contributed by atoms with van der Waals surface area (Å²) in [6.07, 6.45) is 7.96. The van der Waals surface area contributed by atoms with Crippen LogP contribution < -0.4 is 0 Å². The lowest BCUT2D eigenvalue weighted by molar-refractivity contribution is 0.623. The van der Waals surface area contributed by atoms with Crippen molar-refractivity contribution in [3.8, 4) is 0 Å². The first-order valence-electron chi connectivity index (χ1n) is 6.72. The van der Waals surface area contributed by atoms with Gasteiger partial charge in [-0.05, 0) is 17.9 Å². The average molecular weight is 226 g/mol. The van der Waals surface area contributed by atoms with Gasteiger partial charge in [-0.25, -0.2) is 0 Å². The number of rotatable bonds is 4. The zero-order valence-electron chi connectivity index (χ0n) is 12.2. The lowest BCUT2D eigenvalue weighted by Crippen LogP contribution is -1.91. The Labute approximate surface area is 102 Å². The molecule has 1 aromatic rings. The largest absolute Gasteiger partial charge is 0.276 e. The standard InChI is InChI=1S/C10H18N2.2C2H6/c1-4-5-6-9(2)10-7-11-12(3)8-10;2*1-2/h7-9H,4-6H2,1-3H3;2*1-2H3. The lowest BCUT2D eigenvalue weighted by Gasteiger charge is -2.06. The van der Waals surface area contributed by atoms with Gasteiger partial charge in [-0.3, -0.25) is 4.68 Å². The summed E-state index contributed by atoms with van der Waals surface area (Å²) in [5.41, 5.74) is 1.37. The monoisotopic (exact) mass is 226 g/mol. The lowest BCUT2D eigenvalue weighted by atomic mass is 9.99. The molecular formula is C14H30N2. The van der Waals surface area contributed by atoms with Crippen LogP contribution in [0.1, 0.15) is 72.3 Å². The molecule has 96 valence electrons. The fourth-order valence-corrected chi connectivity index (χ4v) is 1.37. The van der Waals surface area contributed by atoms with E-state index in [1.54, 1.807) is 0 Å². The predicted molar refractivity (Wildman–Crippen MR) is 73.8 cm³/mol. The molecule has 0 spiro atoms. The van der Waals surface area contributed by atoms with Crippen molar-refractivity contribution < 1.29 is 0 Å². The topological polar surface area (TPSA) is 17.8 Å². The van der Waals surface area contributed by atoms with Crippen molar-refractivity contribution in [1.29, 1.82) is 0 Å². The van der Waals surface area contributed by atoms with E-state index in [0.717, 1.165) is 0 Å². The quantitative estimate of drug-likeness (QED) is 0.723. The summed E-state index contributed by atoms with van der Waals surface area (Å²) in [4.78, 5) is 0. The van der Waals surface area contributed by atoms with Gasteiger partial charge in [0.15, 0.2) is 0 Å². The van der Waals surface area contributed by atoms with E-state index in [0.29, 0.717) is 5.92 Å². The SMILES string of the molecule is CC.CC.CCCCC(C)c1cnn(C)c1. The number of nitrogens with zero attached hydrogens (tertiary/aromatic N) is 2. The first kappa shape index (κ1) is 17.6. The fraction of sp³-hybridized carbons (Fsp3) is 0.786. The Bertz CT molecular complexity index is 228. The van der Waals surface area contributed by atoms with E-state index in [1.165, 1.54) is 24.8 Å². The summed E-state index contributed by atoms with van der Waals surface area (Å²) in [7, 11) is 1.97. The third-order valence-electron chi connectivity index (χ3n) is 2.28. The first-order chi connectivity index (χ1) is 7.74. The molecule has 0 fully saturated rings. The van der Waals surface area contributed by atoms with Crippen LogP contribution in [0, 0.1) is 0 Å². The molecule has 1 unspecified atom stereocenters. The number of unbranched alkanes of at least 4 members (excludes halogenated alkanes) is 1. The maximum atomic E-state index is 4.16. The molecule has 0 aliphatic rings. The Morgan fingerprint density at radius 2 is 1.81 bits per heavy atom. The van der Waals surface area contributed by atoms with Gasteiger partial charge in [0, 0.05) is 13.2 Å². The van der Waals surface area contributed by atoms with Crippen LogP contribution in [0.25, 0.3) is 0 Å². The molecule has 0 saturated heterocycles. The summed E-state index contributed by atoms with van der Waals surface area (Å²) >= 11 is 0. The second kappa shape index (κ2) is 12.3. The van der Waals surface area contributed by atoms with Gasteiger partial charge in [0.05, 0.1) is 6.20 Å².